The topological polar surface area (TPSA) is 68.3 Å². The molecule has 100 valence electrons. The van der Waals surface area contributed by atoms with Crippen LogP contribution in [0, 0.1) is 5.92 Å². The molecule has 1 amide bonds. The fourth-order valence-corrected chi connectivity index (χ4v) is 2.55. The van der Waals surface area contributed by atoms with Crippen LogP contribution < -0.4 is 11.1 Å². The average Bonchev–Trinajstić information content (AvgIpc) is 2.85. The number of aryl methyl sites for hydroxylation is 1. The Kier molecular flexibility index (Phi) is 4.42. The lowest BCUT2D eigenvalue weighted by Crippen LogP contribution is -2.32. The molecule has 4 nitrogen and oxygen atoms in total. The first-order chi connectivity index (χ1) is 8.74. The van der Waals surface area contributed by atoms with Crippen molar-refractivity contribution >= 4 is 5.91 Å². The first-order valence-electron chi connectivity index (χ1n) is 6.80. The van der Waals surface area contributed by atoms with E-state index in [9.17, 15) is 4.79 Å². The molecule has 0 radical (unpaired) electrons. The fraction of sp³-hybridized carbons (Fsp3) is 0.643. The zero-order valence-corrected chi connectivity index (χ0v) is 10.9. The van der Waals surface area contributed by atoms with Crippen LogP contribution in [0.4, 0.5) is 0 Å². The van der Waals surface area contributed by atoms with E-state index >= 15 is 0 Å². The summed E-state index contributed by atoms with van der Waals surface area (Å²) in [7, 11) is 0. The number of amides is 1. The second-order valence-electron chi connectivity index (χ2n) is 5.03. The van der Waals surface area contributed by atoms with Crippen molar-refractivity contribution in [2.24, 2.45) is 11.7 Å². The summed E-state index contributed by atoms with van der Waals surface area (Å²) in [6, 6.07) is 2.09. The fourth-order valence-electron chi connectivity index (χ4n) is 2.55. The highest BCUT2D eigenvalue weighted by Gasteiger charge is 2.24. The maximum Gasteiger partial charge on any atom is 0.220 e. The van der Waals surface area contributed by atoms with E-state index < -0.39 is 0 Å². The lowest BCUT2D eigenvalue weighted by Gasteiger charge is -2.23. The van der Waals surface area contributed by atoms with E-state index in [2.05, 4.69) is 12.2 Å². The minimum absolute atomic E-state index is 0.103. The summed E-state index contributed by atoms with van der Waals surface area (Å²) in [5, 5.41) is 3.11. The van der Waals surface area contributed by atoms with E-state index in [1.165, 1.54) is 0 Å². The van der Waals surface area contributed by atoms with Crippen molar-refractivity contribution in [1.82, 2.24) is 5.32 Å². The smallest absolute Gasteiger partial charge is 0.220 e. The molecule has 1 aliphatic rings. The highest BCUT2D eigenvalue weighted by molar-refractivity contribution is 5.76. The summed E-state index contributed by atoms with van der Waals surface area (Å²) in [6.45, 7) is 2.64. The van der Waals surface area contributed by atoms with Gasteiger partial charge in [0, 0.05) is 18.4 Å². The van der Waals surface area contributed by atoms with Gasteiger partial charge in [-0.25, -0.2) is 0 Å². The van der Waals surface area contributed by atoms with Crippen molar-refractivity contribution in [3.63, 3.8) is 0 Å². The normalized spacial score (nSPS) is 20.2. The number of fused-ring (bicyclic) bond motifs is 1. The van der Waals surface area contributed by atoms with Crippen LogP contribution in [0.15, 0.2) is 16.7 Å². The molecule has 0 bridgehead atoms. The molecular formula is C14H22N2O2. The average molecular weight is 250 g/mol. The number of hydrogen-bond donors (Lipinski definition) is 2. The number of carbonyl (C=O) groups is 1. The highest BCUT2D eigenvalue weighted by atomic mass is 16.3. The van der Waals surface area contributed by atoms with Crippen molar-refractivity contribution in [1.29, 1.82) is 0 Å². The molecule has 1 aliphatic carbocycles. The standard InChI is InChI=1S/C14H22N2O2/c1-2-10(9-15)8-14(17)16-12-4-3-5-13-11(12)6-7-18-13/h6-7,10,12H,2-5,8-9,15H2,1H3,(H,16,17). The molecule has 4 heteroatoms. The summed E-state index contributed by atoms with van der Waals surface area (Å²) in [5.74, 6) is 1.42. The van der Waals surface area contributed by atoms with E-state index in [1.54, 1.807) is 6.26 Å². The first-order valence-corrected chi connectivity index (χ1v) is 6.80. The van der Waals surface area contributed by atoms with Gasteiger partial charge in [0.25, 0.3) is 0 Å². The van der Waals surface area contributed by atoms with Crippen molar-refractivity contribution < 1.29 is 9.21 Å². The molecule has 3 N–H and O–H groups in total. The van der Waals surface area contributed by atoms with Crippen LogP contribution in [-0.4, -0.2) is 12.5 Å². The van der Waals surface area contributed by atoms with Crippen LogP contribution >= 0.6 is 0 Å². The van der Waals surface area contributed by atoms with Crippen LogP contribution in [-0.2, 0) is 11.2 Å². The number of nitrogens with two attached hydrogens (primary N) is 1. The Balaban J connectivity index is 1.93. The predicted octanol–water partition coefficient (Wildman–Crippen LogP) is 2.15. The van der Waals surface area contributed by atoms with Gasteiger partial charge in [0.1, 0.15) is 5.76 Å². The Morgan fingerprint density at radius 2 is 2.50 bits per heavy atom. The molecule has 0 saturated heterocycles. The van der Waals surface area contributed by atoms with Crippen molar-refractivity contribution in [2.75, 3.05) is 6.54 Å². The molecule has 2 rings (SSSR count). The Morgan fingerprint density at radius 1 is 1.67 bits per heavy atom. The van der Waals surface area contributed by atoms with Crippen LogP contribution in [0.5, 0.6) is 0 Å². The number of nitrogens with one attached hydrogen (secondary N) is 1. The number of hydrogen-bond acceptors (Lipinski definition) is 3. The third-order valence-electron chi connectivity index (χ3n) is 3.77. The zero-order valence-electron chi connectivity index (χ0n) is 10.9. The summed E-state index contributed by atoms with van der Waals surface area (Å²) in [5.41, 5.74) is 6.78. The zero-order chi connectivity index (χ0) is 13.0. The summed E-state index contributed by atoms with van der Waals surface area (Å²) in [4.78, 5) is 12.0. The van der Waals surface area contributed by atoms with Gasteiger partial charge in [0.2, 0.25) is 5.91 Å². The van der Waals surface area contributed by atoms with Crippen LogP contribution in [0.3, 0.4) is 0 Å². The first kappa shape index (κ1) is 13.1. The van der Waals surface area contributed by atoms with E-state index in [4.69, 9.17) is 10.2 Å². The molecule has 0 fully saturated rings. The van der Waals surface area contributed by atoms with Gasteiger partial charge in [-0.3, -0.25) is 4.79 Å². The van der Waals surface area contributed by atoms with E-state index in [-0.39, 0.29) is 17.9 Å². The van der Waals surface area contributed by atoms with Crippen molar-refractivity contribution in [3.8, 4) is 0 Å². The lowest BCUT2D eigenvalue weighted by atomic mass is 9.93. The van der Waals surface area contributed by atoms with Crippen LogP contribution in [0.2, 0.25) is 0 Å². The molecule has 2 unspecified atom stereocenters. The van der Waals surface area contributed by atoms with Gasteiger partial charge >= 0.3 is 0 Å². The number of carbonyl (C=O) groups excluding carboxylic acids is 1. The molecule has 18 heavy (non-hydrogen) atoms. The van der Waals surface area contributed by atoms with Gasteiger partial charge in [-0.05, 0) is 31.4 Å². The monoisotopic (exact) mass is 250 g/mol. The summed E-state index contributed by atoms with van der Waals surface area (Å²) in [6.07, 6.45) is 6.23. The maximum absolute atomic E-state index is 12.0. The Hall–Kier alpha value is -1.29. The van der Waals surface area contributed by atoms with Crippen molar-refractivity contribution in [2.45, 2.75) is 45.1 Å². The maximum atomic E-state index is 12.0. The second kappa shape index (κ2) is 6.05. The van der Waals surface area contributed by atoms with Gasteiger partial charge in [0.15, 0.2) is 0 Å². The van der Waals surface area contributed by atoms with Gasteiger partial charge in [-0.1, -0.05) is 13.3 Å². The molecule has 0 aliphatic heterocycles. The molecule has 0 aromatic carbocycles. The molecule has 1 aromatic heterocycles. The Bertz CT molecular complexity index is 396. The SMILES string of the molecule is CCC(CN)CC(=O)NC1CCCc2occc21. The molecule has 2 atom stereocenters. The lowest BCUT2D eigenvalue weighted by molar-refractivity contribution is -0.122. The molecular weight excluding hydrogens is 228 g/mol. The minimum Gasteiger partial charge on any atom is -0.469 e. The van der Waals surface area contributed by atoms with E-state index in [0.29, 0.717) is 13.0 Å². The summed E-state index contributed by atoms with van der Waals surface area (Å²) < 4.78 is 5.42. The van der Waals surface area contributed by atoms with Crippen LogP contribution in [0.25, 0.3) is 0 Å². The Labute approximate surface area is 108 Å². The predicted molar refractivity (Wildman–Crippen MR) is 70.0 cm³/mol. The van der Waals surface area contributed by atoms with E-state index in [1.807, 2.05) is 6.07 Å². The number of furan rings is 1. The molecule has 0 saturated carbocycles. The largest absolute Gasteiger partial charge is 0.469 e. The molecule has 1 aromatic rings. The molecule has 1 heterocycles. The van der Waals surface area contributed by atoms with Gasteiger partial charge < -0.3 is 15.5 Å². The second-order valence-corrected chi connectivity index (χ2v) is 5.03. The van der Waals surface area contributed by atoms with E-state index in [0.717, 1.165) is 37.0 Å². The van der Waals surface area contributed by atoms with Crippen LogP contribution in [0.1, 0.15) is 50.0 Å². The van der Waals surface area contributed by atoms with Gasteiger partial charge in [0.05, 0.1) is 12.3 Å². The Morgan fingerprint density at radius 3 is 3.22 bits per heavy atom. The van der Waals surface area contributed by atoms with Gasteiger partial charge in [-0.15, -0.1) is 0 Å². The molecule has 0 spiro atoms. The highest BCUT2D eigenvalue weighted by Crippen LogP contribution is 2.30. The van der Waals surface area contributed by atoms with Crippen molar-refractivity contribution in [3.05, 3.63) is 23.7 Å². The third kappa shape index (κ3) is 2.93. The third-order valence-corrected chi connectivity index (χ3v) is 3.77. The minimum atomic E-state index is 0.103. The summed E-state index contributed by atoms with van der Waals surface area (Å²) >= 11 is 0. The van der Waals surface area contributed by atoms with Gasteiger partial charge in [-0.2, -0.15) is 0 Å². The number of rotatable bonds is 5. The quantitative estimate of drug-likeness (QED) is 0.841.